The van der Waals surface area contributed by atoms with Gasteiger partial charge in [0.2, 0.25) is 5.82 Å². The van der Waals surface area contributed by atoms with Crippen LogP contribution in [0.15, 0.2) is 42.7 Å². The van der Waals surface area contributed by atoms with Crippen molar-refractivity contribution in [3.05, 3.63) is 59.1 Å². The van der Waals surface area contributed by atoms with Gasteiger partial charge in [-0.2, -0.15) is 9.78 Å². The lowest BCUT2D eigenvalue weighted by Crippen LogP contribution is -2.49. The fourth-order valence-electron chi connectivity index (χ4n) is 4.88. The Morgan fingerprint density at radius 1 is 1.29 bits per heavy atom. The minimum absolute atomic E-state index is 0.135. The highest BCUT2D eigenvalue weighted by molar-refractivity contribution is 6.33. The molecule has 1 aromatic carbocycles. The Morgan fingerprint density at radius 3 is 2.83 bits per heavy atom. The maximum atomic E-state index is 15.8. The molecule has 4 heterocycles. The van der Waals surface area contributed by atoms with E-state index in [9.17, 15) is 9.59 Å². The Balaban J connectivity index is 1.48. The number of piperidine rings is 1. The second-order valence-electron chi connectivity index (χ2n) is 9.56. The molecule has 1 N–H and O–H groups in total. The third kappa shape index (κ3) is 5.81. The van der Waals surface area contributed by atoms with Gasteiger partial charge in [0.1, 0.15) is 11.5 Å². The summed E-state index contributed by atoms with van der Waals surface area (Å²) >= 11 is 6.44. The van der Waals surface area contributed by atoms with E-state index in [-0.39, 0.29) is 29.6 Å². The average Bonchev–Trinajstić information content (AvgIpc) is 3.61. The molecule has 0 radical (unpaired) electrons. The lowest BCUT2D eigenvalue weighted by atomic mass is 10.0. The molecule has 0 aliphatic carbocycles. The van der Waals surface area contributed by atoms with Gasteiger partial charge in [-0.25, -0.2) is 14.2 Å². The monoisotopic (exact) mass is 597 g/mol. The third-order valence-electron chi connectivity index (χ3n) is 6.85. The van der Waals surface area contributed by atoms with Gasteiger partial charge in [0.25, 0.3) is 5.91 Å². The number of aryl methyl sites for hydroxylation is 1. The van der Waals surface area contributed by atoms with Crippen molar-refractivity contribution in [2.75, 3.05) is 24.6 Å². The van der Waals surface area contributed by atoms with Gasteiger partial charge in [-0.15, -0.1) is 5.10 Å². The number of carbonyl (C=O) groups excluding carboxylic acids is 2. The normalized spacial score (nSPS) is 15.7. The van der Waals surface area contributed by atoms with E-state index in [2.05, 4.69) is 30.9 Å². The second kappa shape index (κ2) is 12.6. The Bertz CT molecular complexity index is 1590. The molecule has 42 heavy (non-hydrogen) atoms. The standard InChI is InChI=1S/C27H29ClFN9O4/c1-4-41-27(40)42-16(2)38-25(33-34-35-38)23-20(15-32-36(23)3)19-10-9-17(13-22(19)29)26(39)37(18-7-5-11-30-14-18)24-21(28)8-6-12-31-24/h6,8-10,12-13,15-16,18,30H,4-5,7,11,14H2,1-3H3/t16?,18-/m1/s1. The summed E-state index contributed by atoms with van der Waals surface area (Å²) in [7, 11) is 1.65. The van der Waals surface area contributed by atoms with Crippen molar-refractivity contribution in [3.63, 3.8) is 0 Å². The number of pyridine rings is 1. The summed E-state index contributed by atoms with van der Waals surface area (Å²) in [4.78, 5) is 31.6. The summed E-state index contributed by atoms with van der Waals surface area (Å²) < 4.78 is 28.6. The largest absolute Gasteiger partial charge is 0.510 e. The van der Waals surface area contributed by atoms with Gasteiger partial charge in [0.05, 0.1) is 23.9 Å². The predicted molar refractivity (Wildman–Crippen MR) is 150 cm³/mol. The molecular weight excluding hydrogens is 569 g/mol. The number of nitrogens with zero attached hydrogens (tertiary/aromatic N) is 8. The summed E-state index contributed by atoms with van der Waals surface area (Å²) in [5.74, 6) is -0.571. The molecule has 2 atom stereocenters. The van der Waals surface area contributed by atoms with E-state index in [0.717, 1.165) is 19.4 Å². The van der Waals surface area contributed by atoms with Crippen molar-refractivity contribution >= 4 is 29.5 Å². The van der Waals surface area contributed by atoms with Crippen LogP contribution in [0.3, 0.4) is 0 Å². The predicted octanol–water partition coefficient (Wildman–Crippen LogP) is 4.02. The first kappa shape index (κ1) is 29.1. The summed E-state index contributed by atoms with van der Waals surface area (Å²) in [5, 5.41) is 19.6. The summed E-state index contributed by atoms with van der Waals surface area (Å²) in [5.41, 5.74) is 1.04. The van der Waals surface area contributed by atoms with E-state index >= 15 is 4.39 Å². The van der Waals surface area contributed by atoms with E-state index in [1.807, 2.05) is 0 Å². The fraction of sp³-hybridized carbons (Fsp3) is 0.370. The molecule has 0 bridgehead atoms. The van der Waals surface area contributed by atoms with Crippen molar-refractivity contribution < 1.29 is 23.5 Å². The molecule has 1 unspecified atom stereocenters. The lowest BCUT2D eigenvalue weighted by molar-refractivity contribution is 0.00140. The van der Waals surface area contributed by atoms with Crippen molar-refractivity contribution in [1.29, 1.82) is 0 Å². The second-order valence-corrected chi connectivity index (χ2v) is 9.96. The van der Waals surface area contributed by atoms with Crippen LogP contribution in [0, 0.1) is 5.82 Å². The number of carbonyl (C=O) groups is 2. The van der Waals surface area contributed by atoms with E-state index in [1.165, 1.54) is 32.6 Å². The highest BCUT2D eigenvalue weighted by Crippen LogP contribution is 2.34. The number of ether oxygens (including phenoxy) is 2. The topological polar surface area (TPSA) is 142 Å². The van der Waals surface area contributed by atoms with E-state index in [4.69, 9.17) is 21.1 Å². The summed E-state index contributed by atoms with van der Waals surface area (Å²) in [6.07, 6.45) is 2.85. The molecule has 1 amide bonds. The van der Waals surface area contributed by atoms with Crippen LogP contribution in [0.1, 0.15) is 43.3 Å². The van der Waals surface area contributed by atoms with Crippen LogP contribution in [0.4, 0.5) is 15.0 Å². The molecule has 15 heteroatoms. The lowest BCUT2D eigenvalue weighted by Gasteiger charge is -2.34. The smallest absolute Gasteiger partial charge is 0.435 e. The van der Waals surface area contributed by atoms with Crippen molar-refractivity contribution in [2.24, 2.45) is 7.05 Å². The van der Waals surface area contributed by atoms with Gasteiger partial charge in [-0.05, 0) is 67.9 Å². The molecule has 3 aromatic heterocycles. The first-order chi connectivity index (χ1) is 20.3. The SMILES string of the molecule is CCOC(=O)OC(C)n1nnnc1-c1c(-c2ccc(C(=O)N(c3ncccc3Cl)[C@@H]3CCCNC3)cc2F)cnn1C. The number of hydrogen-bond donors (Lipinski definition) is 1. The maximum Gasteiger partial charge on any atom is 0.510 e. The Labute approximate surface area is 245 Å². The Hall–Kier alpha value is -4.43. The van der Waals surface area contributed by atoms with Crippen LogP contribution in [-0.2, 0) is 16.5 Å². The number of rotatable bonds is 8. The van der Waals surface area contributed by atoms with Gasteiger partial charge < -0.3 is 14.8 Å². The molecule has 1 aliphatic heterocycles. The van der Waals surface area contributed by atoms with Crippen molar-refractivity contribution in [1.82, 2.24) is 40.3 Å². The minimum Gasteiger partial charge on any atom is -0.435 e. The number of amides is 1. The van der Waals surface area contributed by atoms with E-state index in [1.54, 1.807) is 45.3 Å². The first-order valence-corrected chi connectivity index (χ1v) is 13.8. The Kier molecular flexibility index (Phi) is 8.73. The number of benzene rings is 1. The number of hydrogen-bond acceptors (Lipinski definition) is 10. The number of anilines is 1. The van der Waals surface area contributed by atoms with E-state index < -0.39 is 24.1 Å². The molecule has 1 fully saturated rings. The van der Waals surface area contributed by atoms with Gasteiger partial charge >= 0.3 is 6.16 Å². The van der Waals surface area contributed by atoms with Gasteiger partial charge in [0, 0.05) is 36.5 Å². The number of aromatic nitrogens is 7. The van der Waals surface area contributed by atoms with Gasteiger partial charge in [0.15, 0.2) is 12.0 Å². The number of tetrazole rings is 1. The summed E-state index contributed by atoms with van der Waals surface area (Å²) in [6.45, 7) is 4.77. The number of halogens is 2. The van der Waals surface area contributed by atoms with Crippen LogP contribution < -0.4 is 10.2 Å². The van der Waals surface area contributed by atoms with Crippen molar-refractivity contribution in [2.45, 2.75) is 39.0 Å². The zero-order valence-electron chi connectivity index (χ0n) is 23.2. The summed E-state index contributed by atoms with van der Waals surface area (Å²) in [6, 6.07) is 7.39. The fourth-order valence-corrected chi connectivity index (χ4v) is 5.10. The van der Waals surface area contributed by atoms with E-state index in [0.29, 0.717) is 28.6 Å². The first-order valence-electron chi connectivity index (χ1n) is 13.4. The molecule has 4 aromatic rings. The van der Waals surface area contributed by atoms with Crippen molar-refractivity contribution in [3.8, 4) is 22.6 Å². The third-order valence-corrected chi connectivity index (χ3v) is 7.14. The molecule has 0 spiro atoms. The minimum atomic E-state index is -0.930. The molecule has 1 saturated heterocycles. The molecular formula is C27H29ClFN9O4. The van der Waals surface area contributed by atoms with Crippen LogP contribution in [0.5, 0.6) is 0 Å². The molecule has 1 aliphatic rings. The van der Waals surface area contributed by atoms with Crippen LogP contribution in [0.2, 0.25) is 5.02 Å². The molecule has 220 valence electrons. The van der Waals surface area contributed by atoms with Crippen LogP contribution >= 0.6 is 11.6 Å². The molecule has 0 saturated carbocycles. The van der Waals surface area contributed by atoms with Gasteiger partial charge in [-0.3, -0.25) is 14.4 Å². The molecule has 5 rings (SSSR count). The maximum absolute atomic E-state index is 15.8. The van der Waals surface area contributed by atoms with Gasteiger partial charge in [-0.1, -0.05) is 17.7 Å². The highest BCUT2D eigenvalue weighted by atomic mass is 35.5. The zero-order valence-corrected chi connectivity index (χ0v) is 24.0. The Morgan fingerprint density at radius 2 is 2.12 bits per heavy atom. The van der Waals surface area contributed by atoms with Crippen LogP contribution in [0.25, 0.3) is 22.6 Å². The zero-order chi connectivity index (χ0) is 29.8. The van der Waals surface area contributed by atoms with Crippen LogP contribution in [-0.4, -0.2) is 72.8 Å². The average molecular weight is 598 g/mol. The highest BCUT2D eigenvalue weighted by Gasteiger charge is 2.31. The quantitative estimate of drug-likeness (QED) is 0.296. The number of nitrogens with one attached hydrogen (secondary N) is 1. The molecule has 13 nitrogen and oxygen atoms in total.